The Bertz CT molecular complexity index is 471. The summed E-state index contributed by atoms with van der Waals surface area (Å²) in [6.07, 6.45) is -0.433. The number of anilines is 1. The Morgan fingerprint density at radius 3 is 2.53 bits per heavy atom. The second-order valence-corrected chi connectivity index (χ2v) is 4.69. The number of hydrogen-bond donors (Lipinski definition) is 4. The number of amides is 2. The topological polar surface area (TPSA) is 98.7 Å². The van der Waals surface area contributed by atoms with Crippen molar-refractivity contribution in [3.05, 3.63) is 29.8 Å². The van der Waals surface area contributed by atoms with E-state index in [-0.39, 0.29) is 6.54 Å². The highest BCUT2D eigenvalue weighted by Gasteiger charge is 2.24. The minimum atomic E-state index is -1.48. The maximum absolute atomic E-state index is 11.6. The zero-order chi connectivity index (χ0) is 14.5. The minimum absolute atomic E-state index is 0.142. The average molecular weight is 266 g/mol. The van der Waals surface area contributed by atoms with Crippen LogP contribution >= 0.6 is 0 Å². The van der Waals surface area contributed by atoms with E-state index in [1.807, 2.05) is 19.1 Å². The van der Waals surface area contributed by atoms with E-state index < -0.39 is 24.0 Å². The van der Waals surface area contributed by atoms with E-state index >= 15 is 0 Å². The molecular weight excluding hydrogens is 248 g/mol. The number of urea groups is 1. The number of rotatable bonds is 5. The largest absolute Gasteiger partial charge is 0.481 e. The molecular formula is C13H18N2O4. The molecule has 1 aromatic rings. The molecule has 0 radical (unpaired) electrons. The van der Waals surface area contributed by atoms with Crippen molar-refractivity contribution < 1.29 is 19.8 Å². The molecule has 1 unspecified atom stereocenters. The molecule has 6 heteroatoms. The molecule has 0 aliphatic carbocycles. The Labute approximate surface area is 111 Å². The number of carboxylic acids is 1. The van der Waals surface area contributed by atoms with Crippen molar-refractivity contribution in [3.8, 4) is 0 Å². The number of carboxylic acid groups (broad SMARTS) is 1. The first-order valence-corrected chi connectivity index (χ1v) is 5.85. The Morgan fingerprint density at radius 1 is 1.32 bits per heavy atom. The standard InChI is InChI=1S/C13H18N2O4/c1-9-5-3-4-6-10(9)15-12(18)14-8-13(2,19)7-11(16)17/h3-6,19H,7-8H2,1-2H3,(H,16,17)(H2,14,15,18). The zero-order valence-electron chi connectivity index (χ0n) is 10.9. The second-order valence-electron chi connectivity index (χ2n) is 4.69. The van der Waals surface area contributed by atoms with Crippen molar-refractivity contribution in [2.24, 2.45) is 0 Å². The lowest BCUT2D eigenvalue weighted by molar-refractivity contribution is -0.141. The summed E-state index contributed by atoms with van der Waals surface area (Å²) in [6.45, 7) is 3.07. The number of aryl methyl sites for hydroxylation is 1. The number of benzene rings is 1. The summed E-state index contributed by atoms with van der Waals surface area (Å²) in [5.41, 5.74) is 0.0994. The van der Waals surface area contributed by atoms with Crippen molar-refractivity contribution >= 4 is 17.7 Å². The van der Waals surface area contributed by atoms with Gasteiger partial charge in [-0.05, 0) is 25.5 Å². The van der Waals surface area contributed by atoms with Gasteiger partial charge >= 0.3 is 12.0 Å². The van der Waals surface area contributed by atoms with E-state index in [1.54, 1.807) is 12.1 Å². The zero-order valence-corrected chi connectivity index (χ0v) is 10.9. The van der Waals surface area contributed by atoms with Gasteiger partial charge < -0.3 is 20.8 Å². The molecule has 0 saturated carbocycles. The minimum Gasteiger partial charge on any atom is -0.481 e. The number of carbonyl (C=O) groups excluding carboxylic acids is 1. The monoisotopic (exact) mass is 266 g/mol. The molecule has 4 N–H and O–H groups in total. The van der Waals surface area contributed by atoms with Crippen LogP contribution in [0.1, 0.15) is 18.9 Å². The first-order chi connectivity index (χ1) is 8.80. The normalized spacial score (nSPS) is 13.4. The number of aliphatic carboxylic acids is 1. The van der Waals surface area contributed by atoms with E-state index in [9.17, 15) is 14.7 Å². The summed E-state index contributed by atoms with van der Waals surface area (Å²) < 4.78 is 0. The van der Waals surface area contributed by atoms with Crippen LogP contribution in [0.2, 0.25) is 0 Å². The molecule has 104 valence electrons. The van der Waals surface area contributed by atoms with Gasteiger partial charge in [0.25, 0.3) is 0 Å². The van der Waals surface area contributed by atoms with Crippen LogP contribution in [-0.2, 0) is 4.79 Å². The lowest BCUT2D eigenvalue weighted by atomic mass is 10.0. The number of hydrogen-bond acceptors (Lipinski definition) is 3. The van der Waals surface area contributed by atoms with Gasteiger partial charge in [-0.15, -0.1) is 0 Å². The summed E-state index contributed by atoms with van der Waals surface area (Å²) in [4.78, 5) is 22.1. The summed E-state index contributed by atoms with van der Waals surface area (Å²) in [6, 6.07) is 6.78. The third-order valence-corrected chi connectivity index (χ3v) is 2.56. The highest BCUT2D eigenvalue weighted by Crippen LogP contribution is 2.13. The Kier molecular flexibility index (Phi) is 4.88. The van der Waals surface area contributed by atoms with Gasteiger partial charge in [0.15, 0.2) is 0 Å². The Hall–Kier alpha value is -2.08. The molecule has 0 fully saturated rings. The fourth-order valence-electron chi connectivity index (χ4n) is 1.54. The van der Waals surface area contributed by atoms with Crippen LogP contribution in [0.3, 0.4) is 0 Å². The van der Waals surface area contributed by atoms with Crippen LogP contribution in [0.4, 0.5) is 10.5 Å². The van der Waals surface area contributed by atoms with Gasteiger partial charge in [-0.3, -0.25) is 4.79 Å². The van der Waals surface area contributed by atoms with Crippen molar-refractivity contribution in [1.29, 1.82) is 0 Å². The van der Waals surface area contributed by atoms with E-state index in [4.69, 9.17) is 5.11 Å². The lowest BCUT2D eigenvalue weighted by Crippen LogP contribution is -2.43. The lowest BCUT2D eigenvalue weighted by Gasteiger charge is -2.21. The summed E-state index contributed by atoms with van der Waals surface area (Å²) >= 11 is 0. The molecule has 1 aromatic carbocycles. The molecule has 1 rings (SSSR count). The van der Waals surface area contributed by atoms with Crippen molar-refractivity contribution in [1.82, 2.24) is 5.32 Å². The first-order valence-electron chi connectivity index (χ1n) is 5.85. The molecule has 0 saturated heterocycles. The van der Waals surface area contributed by atoms with Gasteiger partial charge in [-0.1, -0.05) is 18.2 Å². The number of aliphatic hydroxyl groups is 1. The van der Waals surface area contributed by atoms with Gasteiger partial charge in [0.1, 0.15) is 0 Å². The summed E-state index contributed by atoms with van der Waals surface area (Å²) in [5, 5.41) is 23.4. The third kappa shape index (κ3) is 5.39. The van der Waals surface area contributed by atoms with E-state index in [1.165, 1.54) is 6.92 Å². The van der Waals surface area contributed by atoms with Gasteiger partial charge in [-0.25, -0.2) is 4.79 Å². The second kappa shape index (κ2) is 6.19. The van der Waals surface area contributed by atoms with Crippen LogP contribution < -0.4 is 10.6 Å². The molecule has 6 nitrogen and oxygen atoms in total. The van der Waals surface area contributed by atoms with Gasteiger partial charge in [0, 0.05) is 12.2 Å². The van der Waals surface area contributed by atoms with Gasteiger partial charge in [0.2, 0.25) is 0 Å². The molecule has 19 heavy (non-hydrogen) atoms. The first kappa shape index (κ1) is 15.0. The van der Waals surface area contributed by atoms with Crippen LogP contribution in [0.15, 0.2) is 24.3 Å². The van der Waals surface area contributed by atoms with Crippen LogP contribution in [0.25, 0.3) is 0 Å². The molecule has 2 amide bonds. The fourth-order valence-corrected chi connectivity index (χ4v) is 1.54. The maximum atomic E-state index is 11.6. The van der Waals surface area contributed by atoms with Crippen LogP contribution in [0, 0.1) is 6.92 Å². The van der Waals surface area contributed by atoms with E-state index in [2.05, 4.69) is 10.6 Å². The highest BCUT2D eigenvalue weighted by molar-refractivity contribution is 5.90. The average Bonchev–Trinajstić information content (AvgIpc) is 2.28. The Balaban J connectivity index is 2.49. The fraction of sp³-hybridized carbons (Fsp3) is 0.385. The molecule has 0 aliphatic heterocycles. The number of carbonyl (C=O) groups is 2. The maximum Gasteiger partial charge on any atom is 0.319 e. The molecule has 1 atom stereocenters. The predicted molar refractivity (Wildman–Crippen MR) is 71.1 cm³/mol. The van der Waals surface area contributed by atoms with Crippen LogP contribution in [-0.4, -0.2) is 34.4 Å². The summed E-state index contributed by atoms with van der Waals surface area (Å²) in [5.74, 6) is -1.12. The molecule has 0 heterocycles. The highest BCUT2D eigenvalue weighted by atomic mass is 16.4. The molecule has 0 aromatic heterocycles. The van der Waals surface area contributed by atoms with Gasteiger partial charge in [-0.2, -0.15) is 0 Å². The smallest absolute Gasteiger partial charge is 0.319 e. The summed E-state index contributed by atoms with van der Waals surface area (Å²) in [7, 11) is 0. The van der Waals surface area contributed by atoms with Crippen molar-refractivity contribution in [2.45, 2.75) is 25.9 Å². The third-order valence-electron chi connectivity index (χ3n) is 2.56. The Morgan fingerprint density at radius 2 is 1.95 bits per heavy atom. The SMILES string of the molecule is Cc1ccccc1NC(=O)NCC(C)(O)CC(=O)O. The van der Waals surface area contributed by atoms with E-state index in [0.29, 0.717) is 5.69 Å². The quantitative estimate of drug-likeness (QED) is 0.646. The molecule has 0 aliphatic rings. The molecule has 0 spiro atoms. The number of para-hydroxylation sites is 1. The van der Waals surface area contributed by atoms with E-state index in [0.717, 1.165) is 5.56 Å². The van der Waals surface area contributed by atoms with Crippen molar-refractivity contribution in [3.63, 3.8) is 0 Å². The van der Waals surface area contributed by atoms with Gasteiger partial charge in [0.05, 0.1) is 12.0 Å². The number of nitrogens with one attached hydrogen (secondary N) is 2. The molecule has 0 bridgehead atoms. The van der Waals surface area contributed by atoms with Crippen molar-refractivity contribution in [2.75, 3.05) is 11.9 Å². The van der Waals surface area contributed by atoms with Crippen LogP contribution in [0.5, 0.6) is 0 Å². The predicted octanol–water partition coefficient (Wildman–Crippen LogP) is 1.34.